The Hall–Kier alpha value is 0.390. The van der Waals surface area contributed by atoms with E-state index in [1.54, 1.807) is 24.3 Å². The molecule has 2 unspecified atom stereocenters. The smallest absolute Gasteiger partial charge is 0.338 e. The second kappa shape index (κ2) is 6.23. The Labute approximate surface area is 176 Å². The number of fused-ring (bicyclic) bond motifs is 2. The van der Waals surface area contributed by atoms with E-state index < -0.39 is 20.1 Å². The molecule has 0 N–H and O–H groups in total. The molecule has 2 aliphatic carbocycles. The molecule has 2 bridgehead atoms. The summed E-state index contributed by atoms with van der Waals surface area (Å²) in [5.74, 6) is -0.531. The number of halogens is 7. The number of esters is 1. The summed E-state index contributed by atoms with van der Waals surface area (Å²) in [5, 5.41) is 0.0943. The number of allylic oxidation sites excluding steroid dienone is 3. The lowest BCUT2D eigenvalue weighted by Crippen LogP contribution is -2.45. The van der Waals surface area contributed by atoms with Crippen molar-refractivity contribution in [3.8, 4) is 0 Å². The third kappa shape index (κ3) is 2.47. The lowest BCUT2D eigenvalue weighted by molar-refractivity contribution is 0.0536. The molecule has 0 spiro atoms. The summed E-state index contributed by atoms with van der Waals surface area (Å²) in [5.41, 5.74) is 0.762. The molecule has 3 rings (SSSR count). The van der Waals surface area contributed by atoms with E-state index in [4.69, 9.17) is 74.3 Å². The molecule has 1 aromatic rings. The summed E-state index contributed by atoms with van der Waals surface area (Å²) in [6.45, 7) is -0.172. The van der Waals surface area contributed by atoms with Gasteiger partial charge in [-0.3, -0.25) is 0 Å². The number of alkyl halides is 4. The summed E-state index contributed by atoms with van der Waals surface area (Å²) < 4.78 is 4.43. The van der Waals surface area contributed by atoms with Crippen LogP contribution >= 0.6 is 85.5 Å². The molecule has 2 atom stereocenters. The molecule has 0 radical (unpaired) electrons. The lowest BCUT2D eigenvalue weighted by Gasteiger charge is -2.33. The van der Waals surface area contributed by atoms with Gasteiger partial charge in [0.05, 0.1) is 15.6 Å². The number of ether oxygens (including phenoxy) is 1. The molecule has 0 saturated carbocycles. The molecule has 128 valence electrons. The predicted molar refractivity (Wildman–Crippen MR) is 103 cm³/mol. The normalized spacial score (nSPS) is 30.5. The van der Waals surface area contributed by atoms with E-state index in [0.29, 0.717) is 11.1 Å². The third-order valence-corrected chi connectivity index (χ3v) is 8.58. The minimum Gasteiger partial charge on any atom is -0.457 e. The van der Waals surface area contributed by atoms with Crippen LogP contribution in [0.1, 0.15) is 10.4 Å². The second-order valence-corrected chi connectivity index (χ2v) is 9.49. The maximum absolute atomic E-state index is 12.1. The van der Waals surface area contributed by atoms with Crippen LogP contribution in [0.5, 0.6) is 0 Å². The zero-order chi connectivity index (χ0) is 17.9. The fourth-order valence-corrected chi connectivity index (χ4v) is 5.43. The fourth-order valence-electron chi connectivity index (χ4n) is 2.63. The number of benzene rings is 1. The second-order valence-electron chi connectivity index (χ2n) is 5.33. The average molecular weight is 512 g/mol. The zero-order valence-electron chi connectivity index (χ0n) is 11.6. The molecule has 24 heavy (non-hydrogen) atoms. The van der Waals surface area contributed by atoms with Crippen LogP contribution in [0.3, 0.4) is 0 Å². The van der Waals surface area contributed by atoms with Crippen LogP contribution in [-0.2, 0) is 4.74 Å². The number of hydrogen-bond donors (Lipinski definition) is 0. The lowest BCUT2D eigenvalue weighted by atomic mass is 10.0. The highest BCUT2D eigenvalue weighted by Gasteiger charge is 2.75. The highest BCUT2D eigenvalue weighted by Crippen LogP contribution is 2.71. The van der Waals surface area contributed by atoms with Gasteiger partial charge in [-0.15, -0.1) is 23.2 Å². The van der Waals surface area contributed by atoms with Crippen LogP contribution in [0.2, 0.25) is 0 Å². The first kappa shape index (κ1) is 19.2. The van der Waals surface area contributed by atoms with Crippen LogP contribution in [0, 0.1) is 0 Å². The molecule has 0 fully saturated rings. The zero-order valence-corrected chi connectivity index (χ0v) is 17.7. The van der Waals surface area contributed by atoms with Crippen LogP contribution in [0.4, 0.5) is 0 Å². The molecule has 0 aromatic heterocycles. The van der Waals surface area contributed by atoms with E-state index >= 15 is 0 Å². The van der Waals surface area contributed by atoms with Gasteiger partial charge in [-0.2, -0.15) is 0 Å². The molecular formula is C15H7BrCl6O2. The maximum Gasteiger partial charge on any atom is 0.338 e. The van der Waals surface area contributed by atoms with Gasteiger partial charge < -0.3 is 4.74 Å². The van der Waals surface area contributed by atoms with E-state index in [-0.39, 0.29) is 16.7 Å². The van der Waals surface area contributed by atoms with Crippen LogP contribution < -0.4 is 0 Å². The van der Waals surface area contributed by atoms with E-state index in [1.165, 1.54) is 6.08 Å². The van der Waals surface area contributed by atoms with Gasteiger partial charge in [0.1, 0.15) is 16.4 Å². The quantitative estimate of drug-likeness (QED) is 0.267. The summed E-state index contributed by atoms with van der Waals surface area (Å²) >= 11 is 41.3. The molecule has 0 heterocycles. The Bertz CT molecular complexity index is 788. The average Bonchev–Trinajstić information content (AvgIpc) is 2.75. The van der Waals surface area contributed by atoms with Crippen molar-refractivity contribution in [2.24, 2.45) is 0 Å². The molecule has 0 amide bonds. The highest BCUT2D eigenvalue weighted by molar-refractivity contribution is 9.10. The summed E-state index contributed by atoms with van der Waals surface area (Å²) in [6, 6.07) is 6.70. The van der Waals surface area contributed by atoms with Gasteiger partial charge in [0.2, 0.25) is 0 Å². The van der Waals surface area contributed by atoms with Crippen molar-refractivity contribution in [1.29, 1.82) is 0 Å². The Morgan fingerprint density at radius 1 is 1.04 bits per heavy atom. The Morgan fingerprint density at radius 2 is 1.62 bits per heavy atom. The van der Waals surface area contributed by atoms with Crippen molar-refractivity contribution < 1.29 is 9.53 Å². The van der Waals surface area contributed by atoms with E-state index in [0.717, 1.165) is 4.47 Å². The number of rotatable bonds is 3. The van der Waals surface area contributed by atoms with E-state index in [1.807, 2.05) is 0 Å². The summed E-state index contributed by atoms with van der Waals surface area (Å²) in [4.78, 5) is 9.12. The van der Waals surface area contributed by atoms with Gasteiger partial charge in [0, 0.05) is 4.47 Å². The Balaban J connectivity index is 1.82. The van der Waals surface area contributed by atoms with E-state index in [2.05, 4.69) is 15.9 Å². The standard InChI is InChI=1S/C15H7BrCl6O2/c16-9-3-1-7(2-4-9)12(23)24-6-8-5-13(19)10(17)11(18)14(8,20)15(13,21)22/h1-5H,6H2. The van der Waals surface area contributed by atoms with Gasteiger partial charge in [0.15, 0.2) is 4.33 Å². The van der Waals surface area contributed by atoms with Gasteiger partial charge in [-0.05, 0) is 29.8 Å². The largest absolute Gasteiger partial charge is 0.457 e. The Kier molecular flexibility index (Phi) is 4.97. The minimum atomic E-state index is -1.70. The van der Waals surface area contributed by atoms with Gasteiger partial charge in [-0.25, -0.2) is 4.79 Å². The van der Waals surface area contributed by atoms with Gasteiger partial charge in [-0.1, -0.05) is 68.4 Å². The first-order chi connectivity index (χ1) is 11.1. The van der Waals surface area contributed by atoms with Crippen molar-refractivity contribution in [1.82, 2.24) is 0 Å². The summed E-state index contributed by atoms with van der Waals surface area (Å²) in [7, 11) is 0. The first-order valence-corrected chi connectivity index (χ1v) is 9.58. The van der Waals surface area contributed by atoms with Crippen molar-refractivity contribution in [2.75, 3.05) is 6.61 Å². The number of carbonyl (C=O) groups is 1. The third-order valence-electron chi connectivity index (χ3n) is 3.96. The minimum absolute atomic E-state index is 0.0306. The van der Waals surface area contributed by atoms with Gasteiger partial charge in [0.25, 0.3) is 0 Å². The van der Waals surface area contributed by atoms with Crippen LogP contribution in [0.15, 0.2) is 50.5 Å². The van der Waals surface area contributed by atoms with E-state index in [9.17, 15) is 4.79 Å². The highest BCUT2D eigenvalue weighted by atomic mass is 79.9. The fraction of sp³-hybridized carbons (Fsp3) is 0.267. The molecule has 9 heteroatoms. The maximum atomic E-state index is 12.1. The topological polar surface area (TPSA) is 26.3 Å². The van der Waals surface area contributed by atoms with Crippen molar-refractivity contribution in [3.63, 3.8) is 0 Å². The molecule has 1 aromatic carbocycles. The molecule has 0 saturated heterocycles. The monoisotopic (exact) mass is 508 g/mol. The van der Waals surface area contributed by atoms with Crippen molar-refractivity contribution >= 4 is 91.5 Å². The number of hydrogen-bond acceptors (Lipinski definition) is 2. The number of carbonyl (C=O) groups excluding carboxylic acids is 1. The SMILES string of the molecule is O=C(OCC1=CC2(Cl)C(Cl)=C(Cl)C1(Cl)C2(Cl)Cl)c1ccc(Br)cc1. The predicted octanol–water partition coefficient (Wildman–Crippen LogP) is 6.38. The van der Waals surface area contributed by atoms with Crippen molar-refractivity contribution in [2.45, 2.75) is 14.1 Å². The molecule has 0 aliphatic heterocycles. The molecular weight excluding hydrogens is 505 g/mol. The van der Waals surface area contributed by atoms with Crippen LogP contribution in [-0.4, -0.2) is 26.7 Å². The first-order valence-electron chi connectivity index (χ1n) is 6.52. The van der Waals surface area contributed by atoms with Crippen molar-refractivity contribution in [3.05, 3.63) is 56.0 Å². The molecule has 2 aliphatic rings. The summed E-state index contributed by atoms with van der Waals surface area (Å²) in [6.07, 6.45) is 1.49. The Morgan fingerprint density at radius 3 is 2.12 bits per heavy atom. The molecule has 2 nitrogen and oxygen atoms in total. The van der Waals surface area contributed by atoms with Crippen LogP contribution in [0.25, 0.3) is 0 Å². The van der Waals surface area contributed by atoms with Gasteiger partial charge >= 0.3 is 5.97 Å².